The number of sulfonamides is 1. The molecule has 0 spiro atoms. The number of ether oxygens (including phenoxy) is 2. The average molecular weight is 547 g/mol. The Kier molecular flexibility index (Phi) is 7.28. The van der Waals surface area contributed by atoms with Crippen LogP contribution in [0.2, 0.25) is 0 Å². The van der Waals surface area contributed by atoms with Gasteiger partial charge < -0.3 is 19.2 Å². The van der Waals surface area contributed by atoms with E-state index in [1.807, 2.05) is 0 Å². The van der Waals surface area contributed by atoms with Crippen molar-refractivity contribution in [3.05, 3.63) is 53.3 Å². The van der Waals surface area contributed by atoms with Crippen molar-refractivity contribution >= 4 is 38.6 Å². The van der Waals surface area contributed by atoms with Gasteiger partial charge >= 0.3 is 5.97 Å². The van der Waals surface area contributed by atoms with Crippen LogP contribution in [0.15, 0.2) is 40.8 Å². The molecule has 0 aliphatic carbocycles. The Morgan fingerprint density at radius 3 is 2.42 bits per heavy atom. The second-order valence-electron chi connectivity index (χ2n) is 10.3. The fourth-order valence-corrected chi connectivity index (χ4v) is 5.28. The molecule has 1 aliphatic rings. The minimum atomic E-state index is -3.79. The van der Waals surface area contributed by atoms with Gasteiger partial charge in [0.2, 0.25) is 10.0 Å². The first-order valence-corrected chi connectivity index (χ1v) is 13.9. The first kappa shape index (κ1) is 27.6. The molecule has 204 valence electrons. The number of nitrogens with zero attached hydrogens (tertiary/aromatic N) is 1. The number of halogens is 1. The van der Waals surface area contributed by atoms with Gasteiger partial charge in [-0.2, -0.15) is 0 Å². The summed E-state index contributed by atoms with van der Waals surface area (Å²) in [7, 11) is -2.30. The highest BCUT2D eigenvalue weighted by Crippen LogP contribution is 2.42. The van der Waals surface area contributed by atoms with Crippen molar-refractivity contribution in [2.45, 2.75) is 39.9 Å². The average Bonchev–Trinajstić information content (AvgIpc) is 3.14. The van der Waals surface area contributed by atoms with Gasteiger partial charge in [0.1, 0.15) is 29.9 Å². The Hall–Kier alpha value is -3.44. The molecule has 38 heavy (non-hydrogen) atoms. The predicted octanol–water partition coefficient (Wildman–Crippen LogP) is 4.41. The van der Waals surface area contributed by atoms with Crippen molar-refractivity contribution < 1.29 is 36.3 Å². The monoisotopic (exact) mass is 546 g/mol. The lowest BCUT2D eigenvalue weighted by Crippen LogP contribution is -2.39. The number of amides is 1. The molecule has 2 atom stereocenters. The van der Waals surface area contributed by atoms with E-state index >= 15 is 0 Å². The summed E-state index contributed by atoms with van der Waals surface area (Å²) in [4.78, 5) is 25.3. The topological polar surface area (TPSA) is 115 Å². The molecule has 2 aromatic carbocycles. The maximum atomic E-state index is 13.5. The Balaban J connectivity index is 1.84. The number of furan rings is 1. The molecule has 0 unspecified atom stereocenters. The summed E-state index contributed by atoms with van der Waals surface area (Å²) < 4.78 is 58.2. The summed E-state index contributed by atoms with van der Waals surface area (Å²) in [5.74, 6) is -1.05. The SMILES string of the molecule is CNC(=O)c1c(-c2ccc(F)cc2)oc2cc3c(cc12)[C@H](C)O[C@H](COC(=O)C(C)(C)C)CN3S(C)(=O)=O. The van der Waals surface area contributed by atoms with Gasteiger partial charge in [0.15, 0.2) is 0 Å². The molecule has 4 rings (SSSR count). The minimum Gasteiger partial charge on any atom is -0.462 e. The summed E-state index contributed by atoms with van der Waals surface area (Å²) in [6, 6.07) is 8.77. The van der Waals surface area contributed by atoms with Crippen LogP contribution in [0.3, 0.4) is 0 Å². The number of nitrogens with one attached hydrogen (secondary N) is 1. The molecule has 3 aromatic rings. The van der Waals surface area contributed by atoms with Crippen LogP contribution in [0.4, 0.5) is 10.1 Å². The van der Waals surface area contributed by atoms with Gasteiger partial charge in [-0.05, 0) is 58.0 Å². The molecule has 1 N–H and O–H groups in total. The highest BCUT2D eigenvalue weighted by molar-refractivity contribution is 7.92. The van der Waals surface area contributed by atoms with Crippen molar-refractivity contribution in [3.63, 3.8) is 0 Å². The number of hydrogen-bond donors (Lipinski definition) is 1. The maximum Gasteiger partial charge on any atom is 0.311 e. The van der Waals surface area contributed by atoms with Gasteiger partial charge in [-0.3, -0.25) is 13.9 Å². The first-order chi connectivity index (χ1) is 17.7. The number of benzene rings is 2. The van der Waals surface area contributed by atoms with Gasteiger partial charge in [0.05, 0.1) is 35.6 Å². The number of fused-ring (bicyclic) bond motifs is 2. The van der Waals surface area contributed by atoms with E-state index in [1.54, 1.807) is 39.8 Å². The van der Waals surface area contributed by atoms with E-state index in [4.69, 9.17) is 13.9 Å². The van der Waals surface area contributed by atoms with Crippen LogP contribution in [-0.4, -0.2) is 52.9 Å². The Morgan fingerprint density at radius 2 is 1.84 bits per heavy atom. The zero-order valence-corrected chi connectivity index (χ0v) is 22.9. The highest BCUT2D eigenvalue weighted by atomic mass is 32.2. The van der Waals surface area contributed by atoms with Crippen molar-refractivity contribution in [1.82, 2.24) is 5.32 Å². The zero-order chi connectivity index (χ0) is 28.0. The maximum absolute atomic E-state index is 13.5. The van der Waals surface area contributed by atoms with E-state index in [2.05, 4.69) is 5.32 Å². The largest absolute Gasteiger partial charge is 0.462 e. The molecular weight excluding hydrogens is 515 g/mol. The van der Waals surface area contributed by atoms with E-state index in [0.29, 0.717) is 22.2 Å². The summed E-state index contributed by atoms with van der Waals surface area (Å²) in [5.41, 5.74) is 1.12. The van der Waals surface area contributed by atoms with E-state index in [-0.39, 0.29) is 30.1 Å². The summed E-state index contributed by atoms with van der Waals surface area (Å²) in [6.45, 7) is 6.72. The van der Waals surface area contributed by atoms with Gasteiger partial charge in [0, 0.05) is 29.6 Å². The normalized spacial score (nSPS) is 18.1. The molecule has 0 fully saturated rings. The highest BCUT2D eigenvalue weighted by Gasteiger charge is 2.35. The Labute approximate surface area is 220 Å². The standard InChI is InChI=1S/C27H31FN2O7S/c1-15-19-11-20-22(37-24(23(20)25(31)29-5)16-7-9-17(28)10-8-16)12-21(19)30(38(6,33)34)13-18(36-15)14-35-26(32)27(2,3)4/h7-12,15,18H,13-14H2,1-6H3,(H,29,31)/t15-,18-/m0/s1. The second-order valence-corrected chi connectivity index (χ2v) is 12.2. The third kappa shape index (κ3) is 5.39. The van der Waals surface area contributed by atoms with E-state index in [9.17, 15) is 22.4 Å². The third-order valence-corrected chi connectivity index (χ3v) is 7.43. The summed E-state index contributed by atoms with van der Waals surface area (Å²) in [5, 5.41) is 3.05. The number of rotatable bonds is 5. The lowest BCUT2D eigenvalue weighted by molar-refractivity contribution is -0.158. The quantitative estimate of drug-likeness (QED) is 0.471. The van der Waals surface area contributed by atoms with E-state index < -0.39 is 45.3 Å². The van der Waals surface area contributed by atoms with Crippen LogP contribution in [0, 0.1) is 11.2 Å². The predicted molar refractivity (Wildman–Crippen MR) is 141 cm³/mol. The van der Waals surface area contributed by atoms with Crippen molar-refractivity contribution in [3.8, 4) is 11.3 Å². The van der Waals surface area contributed by atoms with Crippen molar-refractivity contribution in [1.29, 1.82) is 0 Å². The first-order valence-electron chi connectivity index (χ1n) is 12.1. The number of carbonyl (C=O) groups is 2. The molecule has 2 heterocycles. The number of esters is 1. The van der Waals surface area contributed by atoms with Gasteiger partial charge in [-0.1, -0.05) is 0 Å². The molecule has 11 heteroatoms. The molecule has 0 radical (unpaired) electrons. The van der Waals surface area contributed by atoms with Gasteiger partial charge in [-0.25, -0.2) is 12.8 Å². The van der Waals surface area contributed by atoms with Crippen LogP contribution >= 0.6 is 0 Å². The van der Waals surface area contributed by atoms with Crippen LogP contribution in [0.5, 0.6) is 0 Å². The fourth-order valence-electron chi connectivity index (χ4n) is 4.32. The molecular formula is C27H31FN2O7S. The summed E-state index contributed by atoms with van der Waals surface area (Å²) >= 11 is 0. The fraction of sp³-hybridized carbons (Fsp3) is 0.407. The van der Waals surface area contributed by atoms with E-state index in [0.717, 1.165) is 6.26 Å². The third-order valence-electron chi connectivity index (χ3n) is 6.28. The Bertz CT molecular complexity index is 1490. The lowest BCUT2D eigenvalue weighted by atomic mass is 9.97. The van der Waals surface area contributed by atoms with Crippen molar-refractivity contribution in [2.75, 3.05) is 30.8 Å². The summed E-state index contributed by atoms with van der Waals surface area (Å²) in [6.07, 6.45) is -0.267. The smallest absolute Gasteiger partial charge is 0.311 e. The number of hydrogen-bond acceptors (Lipinski definition) is 7. The van der Waals surface area contributed by atoms with Crippen LogP contribution in [-0.2, 0) is 24.3 Å². The molecule has 9 nitrogen and oxygen atoms in total. The van der Waals surface area contributed by atoms with Crippen LogP contribution < -0.4 is 9.62 Å². The number of carbonyl (C=O) groups excluding carboxylic acids is 2. The Morgan fingerprint density at radius 1 is 1.18 bits per heavy atom. The molecule has 1 aliphatic heterocycles. The number of anilines is 1. The molecule has 0 bridgehead atoms. The lowest BCUT2D eigenvalue weighted by Gasteiger charge is -2.25. The van der Waals surface area contributed by atoms with E-state index in [1.165, 1.54) is 35.6 Å². The van der Waals surface area contributed by atoms with Gasteiger partial charge in [-0.15, -0.1) is 0 Å². The van der Waals surface area contributed by atoms with Crippen molar-refractivity contribution in [2.24, 2.45) is 5.41 Å². The molecule has 1 aromatic heterocycles. The molecule has 1 amide bonds. The second kappa shape index (κ2) is 10.0. The molecule has 0 saturated carbocycles. The minimum absolute atomic E-state index is 0.0903. The zero-order valence-electron chi connectivity index (χ0n) is 22.1. The van der Waals surface area contributed by atoms with Gasteiger partial charge in [0.25, 0.3) is 5.91 Å². The molecule has 0 saturated heterocycles. The van der Waals surface area contributed by atoms with Crippen LogP contribution in [0.1, 0.15) is 49.7 Å². The van der Waals surface area contributed by atoms with Crippen LogP contribution in [0.25, 0.3) is 22.3 Å².